The van der Waals surface area contributed by atoms with E-state index in [1.165, 1.54) is 28.9 Å². The summed E-state index contributed by atoms with van der Waals surface area (Å²) in [5.41, 5.74) is -3.16. The van der Waals surface area contributed by atoms with E-state index in [1.54, 1.807) is 0 Å². The minimum atomic E-state index is -4.64. The Labute approximate surface area is 174 Å². The average molecular weight is 452 g/mol. The number of benzene rings is 1. The third-order valence-electron chi connectivity index (χ3n) is 5.16. The Balaban J connectivity index is 1.85. The van der Waals surface area contributed by atoms with Crippen molar-refractivity contribution in [2.45, 2.75) is 43.9 Å². The quantitative estimate of drug-likeness (QED) is 0.706. The molecular formula is C19H19ClF5N3O2. The van der Waals surface area contributed by atoms with Crippen molar-refractivity contribution in [2.75, 3.05) is 13.1 Å². The molecule has 1 amide bonds. The van der Waals surface area contributed by atoms with E-state index < -0.39 is 29.8 Å². The molecule has 1 aromatic heterocycles. The van der Waals surface area contributed by atoms with E-state index >= 15 is 0 Å². The van der Waals surface area contributed by atoms with Crippen LogP contribution in [0.4, 0.5) is 22.0 Å². The molecule has 5 nitrogen and oxygen atoms in total. The first-order chi connectivity index (χ1) is 13.9. The molecule has 2 heterocycles. The second-order valence-electron chi connectivity index (χ2n) is 7.36. The zero-order valence-corrected chi connectivity index (χ0v) is 16.6. The summed E-state index contributed by atoms with van der Waals surface area (Å²) in [7, 11) is 0. The van der Waals surface area contributed by atoms with Gasteiger partial charge in [0, 0.05) is 29.7 Å². The Morgan fingerprint density at radius 2 is 1.77 bits per heavy atom. The molecule has 0 aliphatic carbocycles. The molecule has 11 heteroatoms. The molecule has 0 spiro atoms. The Kier molecular flexibility index (Phi) is 6.10. The zero-order chi connectivity index (χ0) is 22.3. The molecule has 0 radical (unpaired) electrons. The Morgan fingerprint density at radius 3 is 2.27 bits per heavy atom. The first-order valence-corrected chi connectivity index (χ1v) is 9.52. The number of alkyl halides is 5. The van der Waals surface area contributed by atoms with Gasteiger partial charge in [-0.1, -0.05) is 11.6 Å². The molecular weight excluding hydrogens is 433 g/mol. The van der Waals surface area contributed by atoms with Gasteiger partial charge in [-0.05, 0) is 50.1 Å². The van der Waals surface area contributed by atoms with Crippen LogP contribution in [0, 0.1) is 0 Å². The molecule has 1 fully saturated rings. The minimum Gasteiger partial charge on any atom is -0.375 e. The number of nitrogens with zero attached hydrogens (tertiary/aromatic N) is 3. The van der Waals surface area contributed by atoms with Crippen LogP contribution in [0.3, 0.4) is 0 Å². The molecule has 30 heavy (non-hydrogen) atoms. The molecule has 1 aromatic carbocycles. The molecule has 1 atom stereocenters. The second-order valence-corrected chi connectivity index (χ2v) is 7.79. The standard InChI is InChI=1S/C19H19ClF5N3O2/c1-18(30,16(21)22)17(29)27-8-6-11(7-9-27)14-10-15(19(23,24)25)26-28(14)13-4-2-12(20)3-5-13/h2-5,10-11,16,30H,6-9H2,1H3/t18-/m0/s1. The lowest BCUT2D eigenvalue weighted by Crippen LogP contribution is -2.53. The number of carbonyl (C=O) groups excluding carboxylic acids is 1. The number of likely N-dealkylation sites (tertiary alicyclic amines) is 1. The number of hydrogen-bond donors (Lipinski definition) is 1. The molecule has 164 valence electrons. The Hall–Kier alpha value is -2.20. The number of carbonyl (C=O) groups is 1. The molecule has 1 saturated heterocycles. The SMILES string of the molecule is C[C@@](O)(C(=O)N1CCC(c2cc(C(F)(F)F)nn2-c2ccc(Cl)cc2)CC1)C(F)F. The maximum Gasteiger partial charge on any atom is 0.435 e. The van der Waals surface area contributed by atoms with Gasteiger partial charge in [-0.15, -0.1) is 0 Å². The summed E-state index contributed by atoms with van der Waals surface area (Å²) in [6, 6.07) is 7.10. The summed E-state index contributed by atoms with van der Waals surface area (Å²) >= 11 is 5.85. The summed E-state index contributed by atoms with van der Waals surface area (Å²) in [5.74, 6) is -1.48. The summed E-state index contributed by atoms with van der Waals surface area (Å²) in [6.07, 6.45) is -7.41. The fourth-order valence-corrected chi connectivity index (χ4v) is 3.53. The van der Waals surface area contributed by atoms with Gasteiger partial charge in [0.05, 0.1) is 5.69 Å². The van der Waals surface area contributed by atoms with Gasteiger partial charge >= 0.3 is 6.18 Å². The topological polar surface area (TPSA) is 58.4 Å². The number of hydrogen-bond acceptors (Lipinski definition) is 3. The lowest BCUT2D eigenvalue weighted by atomic mass is 9.92. The van der Waals surface area contributed by atoms with Crippen molar-refractivity contribution in [2.24, 2.45) is 0 Å². The lowest BCUT2D eigenvalue weighted by molar-refractivity contribution is -0.166. The number of aliphatic hydroxyl groups is 1. The third-order valence-corrected chi connectivity index (χ3v) is 5.41. The summed E-state index contributed by atoms with van der Waals surface area (Å²) < 4.78 is 66.8. The van der Waals surface area contributed by atoms with Gasteiger partial charge in [0.15, 0.2) is 5.69 Å². The molecule has 0 saturated carbocycles. The highest BCUT2D eigenvalue weighted by Crippen LogP contribution is 2.36. The van der Waals surface area contributed by atoms with E-state index in [2.05, 4.69) is 5.10 Å². The third kappa shape index (κ3) is 4.44. The highest BCUT2D eigenvalue weighted by molar-refractivity contribution is 6.30. The van der Waals surface area contributed by atoms with Gasteiger partial charge < -0.3 is 10.0 Å². The first kappa shape index (κ1) is 22.5. The van der Waals surface area contributed by atoms with Crippen LogP contribution in [0.2, 0.25) is 5.02 Å². The van der Waals surface area contributed by atoms with Crippen LogP contribution >= 0.6 is 11.6 Å². The Morgan fingerprint density at radius 1 is 1.20 bits per heavy atom. The summed E-state index contributed by atoms with van der Waals surface area (Å²) in [5, 5.41) is 13.8. The maximum absolute atomic E-state index is 13.3. The van der Waals surface area contributed by atoms with E-state index in [1.807, 2.05) is 0 Å². The van der Waals surface area contributed by atoms with Crippen molar-refractivity contribution in [1.82, 2.24) is 14.7 Å². The van der Waals surface area contributed by atoms with Gasteiger partial charge in [0.25, 0.3) is 12.3 Å². The van der Waals surface area contributed by atoms with Gasteiger partial charge in [-0.3, -0.25) is 4.79 Å². The van der Waals surface area contributed by atoms with Crippen LogP contribution < -0.4 is 0 Å². The number of aromatic nitrogens is 2. The smallest absolute Gasteiger partial charge is 0.375 e. The van der Waals surface area contributed by atoms with E-state index in [-0.39, 0.29) is 31.8 Å². The van der Waals surface area contributed by atoms with Gasteiger partial charge in [0.2, 0.25) is 5.60 Å². The molecule has 1 aliphatic rings. The van der Waals surface area contributed by atoms with Gasteiger partial charge in [0.1, 0.15) is 0 Å². The molecule has 2 aromatic rings. The van der Waals surface area contributed by atoms with Crippen molar-refractivity contribution in [3.63, 3.8) is 0 Å². The second kappa shape index (κ2) is 8.14. The fraction of sp³-hybridized carbons (Fsp3) is 0.474. The van der Waals surface area contributed by atoms with E-state index in [0.29, 0.717) is 16.4 Å². The van der Waals surface area contributed by atoms with Gasteiger partial charge in [-0.25, -0.2) is 13.5 Å². The van der Waals surface area contributed by atoms with Gasteiger partial charge in [-0.2, -0.15) is 18.3 Å². The Bertz CT molecular complexity index is 904. The molecule has 1 aliphatic heterocycles. The summed E-state index contributed by atoms with van der Waals surface area (Å²) in [4.78, 5) is 13.3. The van der Waals surface area contributed by atoms with Crippen LogP contribution in [0.1, 0.15) is 37.1 Å². The molecule has 0 bridgehead atoms. The average Bonchev–Trinajstić information content (AvgIpc) is 3.14. The normalized spacial score (nSPS) is 18.0. The maximum atomic E-state index is 13.3. The monoisotopic (exact) mass is 451 g/mol. The number of amides is 1. The molecule has 3 rings (SSSR count). The van der Waals surface area contributed by atoms with E-state index in [0.717, 1.165) is 17.9 Å². The lowest BCUT2D eigenvalue weighted by Gasteiger charge is -2.36. The van der Waals surface area contributed by atoms with Crippen molar-refractivity contribution in [1.29, 1.82) is 0 Å². The van der Waals surface area contributed by atoms with Crippen LogP contribution in [0.5, 0.6) is 0 Å². The predicted molar refractivity (Wildman–Crippen MR) is 98.8 cm³/mol. The van der Waals surface area contributed by atoms with Crippen LogP contribution in [-0.2, 0) is 11.0 Å². The summed E-state index contributed by atoms with van der Waals surface area (Å²) in [6.45, 7) is 0.802. The first-order valence-electron chi connectivity index (χ1n) is 9.14. The highest BCUT2D eigenvalue weighted by atomic mass is 35.5. The molecule has 0 unspecified atom stereocenters. The highest BCUT2D eigenvalue weighted by Gasteiger charge is 2.44. The zero-order valence-electron chi connectivity index (χ0n) is 15.8. The minimum absolute atomic E-state index is 0.0273. The van der Waals surface area contributed by atoms with Crippen molar-refractivity contribution >= 4 is 17.5 Å². The number of piperidine rings is 1. The van der Waals surface area contributed by atoms with E-state index in [9.17, 15) is 31.9 Å². The van der Waals surface area contributed by atoms with Crippen LogP contribution in [-0.4, -0.2) is 50.8 Å². The van der Waals surface area contributed by atoms with E-state index in [4.69, 9.17) is 11.6 Å². The van der Waals surface area contributed by atoms with Crippen LogP contribution in [0.15, 0.2) is 30.3 Å². The van der Waals surface area contributed by atoms with Crippen molar-refractivity contribution in [3.05, 3.63) is 46.7 Å². The fourth-order valence-electron chi connectivity index (χ4n) is 3.41. The number of halogens is 6. The van der Waals surface area contributed by atoms with Crippen molar-refractivity contribution < 1.29 is 31.9 Å². The van der Waals surface area contributed by atoms with Crippen LogP contribution in [0.25, 0.3) is 5.69 Å². The van der Waals surface area contributed by atoms with Crippen molar-refractivity contribution in [3.8, 4) is 5.69 Å². The molecule has 1 N–H and O–H groups in total. The predicted octanol–water partition coefficient (Wildman–Crippen LogP) is 4.27. The number of rotatable bonds is 4. The largest absolute Gasteiger partial charge is 0.435 e.